The largest absolute Gasteiger partial charge is 0.398 e. The molecule has 0 spiro atoms. The van der Waals surface area contributed by atoms with Gasteiger partial charge in [0.15, 0.2) is 0 Å². The zero-order valence-electron chi connectivity index (χ0n) is 9.37. The number of fused-ring (bicyclic) bond motifs is 2. The van der Waals surface area contributed by atoms with Gasteiger partial charge in [0.1, 0.15) is 0 Å². The van der Waals surface area contributed by atoms with E-state index in [2.05, 4.69) is 12.1 Å². The topological polar surface area (TPSA) is 38.9 Å². The minimum absolute atomic E-state index is 0.844. The second-order valence-corrected chi connectivity index (χ2v) is 4.57. The first-order valence-electron chi connectivity index (χ1n) is 6.01. The Hall–Kier alpha value is -1.57. The number of anilines is 1. The average molecular weight is 212 g/mol. The maximum Gasteiger partial charge on any atom is 0.0726 e. The molecule has 0 unspecified atom stereocenters. The fourth-order valence-corrected chi connectivity index (χ4v) is 2.52. The molecular formula is C14H16N2. The summed E-state index contributed by atoms with van der Waals surface area (Å²) in [6.45, 7) is 0. The molecule has 1 heterocycles. The molecule has 0 aliphatic heterocycles. The number of benzene rings is 1. The first kappa shape index (κ1) is 9.64. The molecular weight excluding hydrogens is 196 g/mol. The minimum Gasteiger partial charge on any atom is -0.398 e. The van der Waals surface area contributed by atoms with Crippen LogP contribution in [0.25, 0.3) is 10.9 Å². The lowest BCUT2D eigenvalue weighted by Crippen LogP contribution is -1.97. The standard InChI is InChI=1S/C14H16N2/c15-12-6-4-8-14-11(12)9-10-5-2-1-3-7-13(10)16-14/h4,6,8-9H,1-3,5,7,15H2. The van der Waals surface area contributed by atoms with E-state index in [1.165, 1.54) is 30.5 Å². The molecule has 0 saturated heterocycles. The van der Waals surface area contributed by atoms with Crippen molar-refractivity contribution in [3.05, 3.63) is 35.5 Å². The molecule has 1 aromatic carbocycles. The summed E-state index contributed by atoms with van der Waals surface area (Å²) in [6, 6.07) is 8.23. The highest BCUT2D eigenvalue weighted by Gasteiger charge is 2.11. The van der Waals surface area contributed by atoms with Gasteiger partial charge in [-0.1, -0.05) is 12.5 Å². The van der Waals surface area contributed by atoms with Gasteiger partial charge in [-0.3, -0.25) is 4.98 Å². The van der Waals surface area contributed by atoms with Crippen LogP contribution < -0.4 is 5.73 Å². The summed E-state index contributed by atoms with van der Waals surface area (Å²) in [5, 5.41) is 1.11. The molecule has 2 N–H and O–H groups in total. The molecule has 0 amide bonds. The third kappa shape index (κ3) is 1.54. The Morgan fingerprint density at radius 2 is 1.94 bits per heavy atom. The fourth-order valence-electron chi connectivity index (χ4n) is 2.52. The van der Waals surface area contributed by atoms with E-state index in [0.29, 0.717) is 0 Å². The van der Waals surface area contributed by atoms with Crippen molar-refractivity contribution in [2.75, 3.05) is 5.73 Å². The Labute approximate surface area is 95.5 Å². The predicted molar refractivity (Wildman–Crippen MR) is 67.4 cm³/mol. The van der Waals surface area contributed by atoms with Gasteiger partial charge in [-0.05, 0) is 49.4 Å². The van der Waals surface area contributed by atoms with Crippen molar-refractivity contribution in [1.29, 1.82) is 0 Å². The van der Waals surface area contributed by atoms with Crippen LogP contribution in [0.5, 0.6) is 0 Å². The summed E-state index contributed by atoms with van der Waals surface area (Å²) in [7, 11) is 0. The van der Waals surface area contributed by atoms with Gasteiger partial charge in [-0.25, -0.2) is 0 Å². The quantitative estimate of drug-likeness (QED) is 0.538. The molecule has 0 atom stereocenters. The molecule has 2 nitrogen and oxygen atoms in total. The lowest BCUT2D eigenvalue weighted by Gasteiger charge is -2.08. The van der Waals surface area contributed by atoms with E-state index in [1.54, 1.807) is 0 Å². The summed E-state index contributed by atoms with van der Waals surface area (Å²) < 4.78 is 0. The van der Waals surface area contributed by atoms with E-state index in [4.69, 9.17) is 10.7 Å². The molecule has 2 aromatic rings. The molecule has 2 heteroatoms. The second kappa shape index (κ2) is 3.78. The summed E-state index contributed by atoms with van der Waals surface area (Å²) in [5.41, 5.74) is 10.6. The van der Waals surface area contributed by atoms with E-state index < -0.39 is 0 Å². The molecule has 0 fully saturated rings. The number of nitrogens with zero attached hydrogens (tertiary/aromatic N) is 1. The van der Waals surface area contributed by atoms with E-state index in [1.807, 2.05) is 12.1 Å². The molecule has 3 rings (SSSR count). The number of aromatic nitrogens is 1. The Kier molecular flexibility index (Phi) is 2.28. The van der Waals surface area contributed by atoms with Gasteiger partial charge >= 0.3 is 0 Å². The molecule has 0 saturated carbocycles. The van der Waals surface area contributed by atoms with Crippen LogP contribution in [0.3, 0.4) is 0 Å². The number of hydrogen-bond acceptors (Lipinski definition) is 2. The van der Waals surface area contributed by atoms with Gasteiger partial charge in [0.2, 0.25) is 0 Å². The van der Waals surface area contributed by atoms with Gasteiger partial charge < -0.3 is 5.73 Å². The molecule has 1 aliphatic rings. The van der Waals surface area contributed by atoms with Crippen molar-refractivity contribution >= 4 is 16.6 Å². The van der Waals surface area contributed by atoms with Gasteiger partial charge in [-0.2, -0.15) is 0 Å². The summed E-state index contributed by atoms with van der Waals surface area (Å²) >= 11 is 0. The molecule has 1 aromatic heterocycles. The SMILES string of the molecule is Nc1cccc2nc3c(cc12)CCCCC3. The number of rotatable bonds is 0. The molecule has 0 bridgehead atoms. The van der Waals surface area contributed by atoms with Gasteiger partial charge in [0, 0.05) is 16.8 Å². The highest BCUT2D eigenvalue weighted by Crippen LogP contribution is 2.26. The van der Waals surface area contributed by atoms with Crippen LogP contribution >= 0.6 is 0 Å². The number of nitrogen functional groups attached to an aromatic ring is 1. The number of hydrogen-bond donors (Lipinski definition) is 1. The van der Waals surface area contributed by atoms with Crippen molar-refractivity contribution in [1.82, 2.24) is 4.98 Å². The average Bonchev–Trinajstić information content (AvgIpc) is 2.52. The fraction of sp³-hybridized carbons (Fsp3) is 0.357. The summed E-state index contributed by atoms with van der Waals surface area (Å²) in [4.78, 5) is 4.76. The monoisotopic (exact) mass is 212 g/mol. The third-order valence-electron chi connectivity index (χ3n) is 3.42. The van der Waals surface area contributed by atoms with E-state index in [0.717, 1.165) is 29.4 Å². The van der Waals surface area contributed by atoms with Crippen LogP contribution in [-0.4, -0.2) is 4.98 Å². The number of pyridine rings is 1. The van der Waals surface area contributed by atoms with Crippen LogP contribution in [-0.2, 0) is 12.8 Å². The molecule has 0 radical (unpaired) electrons. The minimum atomic E-state index is 0.844. The van der Waals surface area contributed by atoms with E-state index in [-0.39, 0.29) is 0 Å². The Morgan fingerprint density at radius 3 is 2.88 bits per heavy atom. The van der Waals surface area contributed by atoms with Crippen LogP contribution in [0.1, 0.15) is 30.5 Å². The number of aryl methyl sites for hydroxylation is 2. The van der Waals surface area contributed by atoms with Crippen LogP contribution in [0.4, 0.5) is 5.69 Å². The lowest BCUT2D eigenvalue weighted by molar-refractivity contribution is 0.709. The normalized spacial score (nSPS) is 15.8. The number of nitrogens with two attached hydrogens (primary N) is 1. The first-order valence-corrected chi connectivity index (χ1v) is 6.01. The Morgan fingerprint density at radius 1 is 1.06 bits per heavy atom. The zero-order chi connectivity index (χ0) is 11.0. The maximum atomic E-state index is 5.99. The van der Waals surface area contributed by atoms with Gasteiger partial charge in [-0.15, -0.1) is 0 Å². The van der Waals surface area contributed by atoms with E-state index >= 15 is 0 Å². The Balaban J connectivity index is 2.24. The van der Waals surface area contributed by atoms with Crippen LogP contribution in [0.2, 0.25) is 0 Å². The van der Waals surface area contributed by atoms with Gasteiger partial charge in [0.05, 0.1) is 5.52 Å². The predicted octanol–water partition coefficient (Wildman–Crippen LogP) is 3.09. The molecule has 1 aliphatic carbocycles. The van der Waals surface area contributed by atoms with Crippen molar-refractivity contribution in [3.63, 3.8) is 0 Å². The summed E-state index contributed by atoms with van der Waals surface area (Å²) in [6.07, 6.45) is 6.16. The lowest BCUT2D eigenvalue weighted by atomic mass is 10.0. The van der Waals surface area contributed by atoms with Crippen molar-refractivity contribution in [2.24, 2.45) is 0 Å². The highest BCUT2D eigenvalue weighted by molar-refractivity contribution is 5.90. The van der Waals surface area contributed by atoms with Crippen LogP contribution in [0.15, 0.2) is 24.3 Å². The maximum absolute atomic E-state index is 5.99. The third-order valence-corrected chi connectivity index (χ3v) is 3.42. The molecule has 82 valence electrons. The Bertz CT molecular complexity index is 531. The summed E-state index contributed by atoms with van der Waals surface area (Å²) in [5.74, 6) is 0. The first-order chi connectivity index (χ1) is 7.84. The van der Waals surface area contributed by atoms with Crippen molar-refractivity contribution < 1.29 is 0 Å². The smallest absolute Gasteiger partial charge is 0.0726 e. The van der Waals surface area contributed by atoms with Gasteiger partial charge in [0.25, 0.3) is 0 Å². The van der Waals surface area contributed by atoms with E-state index in [9.17, 15) is 0 Å². The van der Waals surface area contributed by atoms with Crippen LogP contribution in [0, 0.1) is 0 Å². The van der Waals surface area contributed by atoms with Crippen molar-refractivity contribution in [2.45, 2.75) is 32.1 Å². The molecule has 16 heavy (non-hydrogen) atoms. The van der Waals surface area contributed by atoms with Crippen molar-refractivity contribution in [3.8, 4) is 0 Å². The highest BCUT2D eigenvalue weighted by atomic mass is 14.7. The second-order valence-electron chi connectivity index (χ2n) is 4.57. The zero-order valence-corrected chi connectivity index (χ0v) is 9.37.